The minimum atomic E-state index is -3.59. The zero-order valence-corrected chi connectivity index (χ0v) is 12.1. The lowest BCUT2D eigenvalue weighted by Gasteiger charge is -2.15. The molecule has 0 unspecified atom stereocenters. The number of pyridine rings is 1. The molecule has 6 nitrogen and oxygen atoms in total. The molecule has 0 saturated heterocycles. The van der Waals surface area contributed by atoms with Gasteiger partial charge in [-0.15, -0.1) is 0 Å². The van der Waals surface area contributed by atoms with Crippen LogP contribution in [0.2, 0.25) is 0 Å². The van der Waals surface area contributed by atoms with Gasteiger partial charge in [-0.05, 0) is 25.1 Å². The van der Waals surface area contributed by atoms with Gasteiger partial charge in [-0.1, -0.05) is 0 Å². The third-order valence-corrected chi connectivity index (χ3v) is 4.46. The van der Waals surface area contributed by atoms with Gasteiger partial charge in [0.2, 0.25) is 15.9 Å². The molecular weight excluding hydrogens is 280 g/mol. The molecule has 2 aromatic rings. The summed E-state index contributed by atoms with van der Waals surface area (Å²) < 4.78 is 36.2. The minimum Gasteiger partial charge on any atom is -0.478 e. The van der Waals surface area contributed by atoms with Crippen LogP contribution in [0.4, 0.5) is 0 Å². The monoisotopic (exact) mass is 296 g/mol. The van der Waals surface area contributed by atoms with Crippen molar-refractivity contribution in [3.05, 3.63) is 42.5 Å². The SMILES string of the molecule is CCOc1ccc(S(=O)(=O)N(C)Cc2ccco2)cn1. The molecule has 0 aliphatic carbocycles. The van der Waals surface area contributed by atoms with Crippen LogP contribution in [0.25, 0.3) is 0 Å². The highest BCUT2D eigenvalue weighted by molar-refractivity contribution is 7.89. The standard InChI is InChI=1S/C13H16N2O4S/c1-3-18-13-7-6-12(9-14-13)20(16,17)15(2)10-11-5-4-8-19-11/h4-9H,3,10H2,1-2H3. The van der Waals surface area contributed by atoms with E-state index in [1.807, 2.05) is 6.92 Å². The number of nitrogens with zero attached hydrogens (tertiary/aromatic N) is 2. The number of ether oxygens (including phenoxy) is 1. The van der Waals surface area contributed by atoms with E-state index < -0.39 is 10.0 Å². The predicted molar refractivity (Wildman–Crippen MR) is 72.8 cm³/mol. The molecule has 0 N–H and O–H groups in total. The van der Waals surface area contributed by atoms with Gasteiger partial charge in [0.25, 0.3) is 0 Å². The number of furan rings is 1. The van der Waals surface area contributed by atoms with Gasteiger partial charge in [-0.25, -0.2) is 13.4 Å². The second-order valence-corrected chi connectivity index (χ2v) is 6.15. The first kappa shape index (κ1) is 14.5. The molecule has 7 heteroatoms. The smallest absolute Gasteiger partial charge is 0.244 e. The van der Waals surface area contributed by atoms with Crippen LogP contribution in [0, 0.1) is 0 Å². The Hall–Kier alpha value is -1.86. The number of aromatic nitrogens is 1. The fourth-order valence-electron chi connectivity index (χ4n) is 1.64. The fourth-order valence-corrected chi connectivity index (χ4v) is 2.72. The van der Waals surface area contributed by atoms with Crippen molar-refractivity contribution in [2.45, 2.75) is 18.4 Å². The van der Waals surface area contributed by atoms with Crippen molar-refractivity contribution in [2.75, 3.05) is 13.7 Å². The van der Waals surface area contributed by atoms with E-state index in [4.69, 9.17) is 9.15 Å². The van der Waals surface area contributed by atoms with Crippen molar-refractivity contribution in [2.24, 2.45) is 0 Å². The molecule has 0 amide bonds. The Morgan fingerprint density at radius 3 is 2.70 bits per heavy atom. The topological polar surface area (TPSA) is 72.6 Å². The third-order valence-electron chi connectivity index (χ3n) is 2.67. The lowest BCUT2D eigenvalue weighted by atomic mass is 10.4. The molecule has 108 valence electrons. The molecular formula is C13H16N2O4S. The highest BCUT2D eigenvalue weighted by atomic mass is 32.2. The molecule has 0 saturated carbocycles. The first-order valence-corrected chi connectivity index (χ1v) is 7.55. The van der Waals surface area contributed by atoms with E-state index in [9.17, 15) is 8.42 Å². The van der Waals surface area contributed by atoms with E-state index >= 15 is 0 Å². The average Bonchev–Trinajstić information content (AvgIpc) is 2.92. The summed E-state index contributed by atoms with van der Waals surface area (Å²) in [6.07, 6.45) is 2.80. The Morgan fingerprint density at radius 2 is 2.15 bits per heavy atom. The summed E-state index contributed by atoms with van der Waals surface area (Å²) in [5.74, 6) is 0.982. The first-order chi connectivity index (χ1) is 9.54. The van der Waals surface area contributed by atoms with Crippen molar-refractivity contribution >= 4 is 10.0 Å². The van der Waals surface area contributed by atoms with Crippen LogP contribution in [-0.4, -0.2) is 31.4 Å². The van der Waals surface area contributed by atoms with Crippen molar-refractivity contribution in [3.63, 3.8) is 0 Å². The molecule has 2 aromatic heterocycles. The first-order valence-electron chi connectivity index (χ1n) is 6.11. The summed E-state index contributed by atoms with van der Waals surface area (Å²) in [7, 11) is -2.10. The van der Waals surface area contributed by atoms with Crippen LogP contribution < -0.4 is 4.74 Å². The maximum atomic E-state index is 12.3. The Morgan fingerprint density at radius 1 is 1.35 bits per heavy atom. The summed E-state index contributed by atoms with van der Waals surface area (Å²) in [6.45, 7) is 2.49. The van der Waals surface area contributed by atoms with Crippen molar-refractivity contribution in [1.29, 1.82) is 0 Å². The number of hydrogen-bond acceptors (Lipinski definition) is 5. The van der Waals surface area contributed by atoms with Gasteiger partial charge < -0.3 is 9.15 Å². The van der Waals surface area contributed by atoms with Crippen LogP contribution in [0.1, 0.15) is 12.7 Å². The Labute approximate surface area is 118 Å². The molecule has 0 fully saturated rings. The van der Waals surface area contributed by atoms with E-state index in [2.05, 4.69) is 4.98 Å². The van der Waals surface area contributed by atoms with E-state index in [0.29, 0.717) is 18.2 Å². The highest BCUT2D eigenvalue weighted by Gasteiger charge is 2.22. The Balaban J connectivity index is 2.16. The lowest BCUT2D eigenvalue weighted by Crippen LogP contribution is -2.26. The van der Waals surface area contributed by atoms with Gasteiger partial charge in [0.15, 0.2) is 0 Å². The zero-order chi connectivity index (χ0) is 14.6. The fraction of sp³-hybridized carbons (Fsp3) is 0.308. The average molecular weight is 296 g/mol. The van der Waals surface area contributed by atoms with Gasteiger partial charge in [-0.3, -0.25) is 0 Å². The van der Waals surface area contributed by atoms with Gasteiger partial charge in [0.05, 0.1) is 25.6 Å². The van der Waals surface area contributed by atoms with Gasteiger partial charge in [-0.2, -0.15) is 4.31 Å². The molecule has 20 heavy (non-hydrogen) atoms. The lowest BCUT2D eigenvalue weighted by molar-refractivity contribution is 0.326. The molecule has 0 bridgehead atoms. The van der Waals surface area contributed by atoms with Gasteiger partial charge in [0.1, 0.15) is 10.7 Å². The predicted octanol–water partition coefficient (Wildman–Crippen LogP) is 1.89. The van der Waals surface area contributed by atoms with Crippen molar-refractivity contribution in [1.82, 2.24) is 9.29 Å². The van der Waals surface area contributed by atoms with Crippen LogP contribution in [0.5, 0.6) is 5.88 Å². The number of rotatable bonds is 6. The summed E-state index contributed by atoms with van der Waals surface area (Å²) >= 11 is 0. The molecule has 2 rings (SSSR count). The Bertz CT molecular complexity index is 636. The van der Waals surface area contributed by atoms with Gasteiger partial charge in [0, 0.05) is 13.1 Å². The summed E-state index contributed by atoms with van der Waals surface area (Å²) in [4.78, 5) is 4.08. The zero-order valence-electron chi connectivity index (χ0n) is 11.3. The number of hydrogen-bond donors (Lipinski definition) is 0. The molecule has 0 aliphatic rings. The van der Waals surface area contributed by atoms with E-state index in [-0.39, 0.29) is 11.4 Å². The van der Waals surface area contributed by atoms with Crippen LogP contribution in [0.15, 0.2) is 46.0 Å². The molecule has 0 radical (unpaired) electrons. The summed E-state index contributed by atoms with van der Waals surface area (Å²) in [5, 5.41) is 0. The quantitative estimate of drug-likeness (QED) is 0.814. The van der Waals surface area contributed by atoms with Gasteiger partial charge >= 0.3 is 0 Å². The van der Waals surface area contributed by atoms with E-state index in [1.165, 1.54) is 35.9 Å². The van der Waals surface area contributed by atoms with Crippen molar-refractivity contribution < 1.29 is 17.6 Å². The highest BCUT2D eigenvalue weighted by Crippen LogP contribution is 2.18. The summed E-state index contributed by atoms with van der Waals surface area (Å²) in [6, 6.07) is 6.46. The van der Waals surface area contributed by atoms with Crippen molar-refractivity contribution in [3.8, 4) is 5.88 Å². The minimum absolute atomic E-state index is 0.120. The molecule has 2 heterocycles. The van der Waals surface area contributed by atoms with Crippen LogP contribution in [0.3, 0.4) is 0 Å². The number of sulfonamides is 1. The van der Waals surface area contributed by atoms with E-state index in [1.54, 1.807) is 12.1 Å². The molecule has 0 aromatic carbocycles. The molecule has 0 spiro atoms. The molecule has 0 atom stereocenters. The van der Waals surface area contributed by atoms with E-state index in [0.717, 1.165) is 0 Å². The molecule has 0 aliphatic heterocycles. The maximum Gasteiger partial charge on any atom is 0.244 e. The summed E-state index contributed by atoms with van der Waals surface area (Å²) in [5.41, 5.74) is 0. The van der Waals surface area contributed by atoms with Crippen LogP contribution in [-0.2, 0) is 16.6 Å². The second kappa shape index (κ2) is 6.06. The maximum absolute atomic E-state index is 12.3. The second-order valence-electron chi connectivity index (χ2n) is 4.11. The van der Waals surface area contributed by atoms with Crippen LogP contribution >= 0.6 is 0 Å². The third kappa shape index (κ3) is 3.17. The largest absolute Gasteiger partial charge is 0.478 e. The normalized spacial score (nSPS) is 11.8. The Kier molecular flexibility index (Phi) is 4.41.